The summed E-state index contributed by atoms with van der Waals surface area (Å²) in [5, 5.41) is 20.5. The Labute approximate surface area is 121 Å². The lowest BCUT2D eigenvalue weighted by Crippen LogP contribution is -2.20. The first kappa shape index (κ1) is 14.5. The zero-order valence-corrected chi connectivity index (χ0v) is 11.4. The van der Waals surface area contributed by atoms with Crippen LogP contribution in [0.25, 0.3) is 0 Å². The van der Waals surface area contributed by atoms with Crippen LogP contribution in [-0.4, -0.2) is 22.5 Å². The summed E-state index contributed by atoms with van der Waals surface area (Å²) >= 11 is 0. The Bertz CT molecular complexity index is 638. The number of nitrogens with zero attached hydrogens (tertiary/aromatic N) is 2. The number of hydrogen-bond donors (Lipinski definition) is 1. The van der Waals surface area contributed by atoms with Crippen LogP contribution in [0.5, 0.6) is 0 Å². The van der Waals surface area contributed by atoms with Gasteiger partial charge in [-0.05, 0) is 25.1 Å². The number of para-hydroxylation sites is 2. The topological polar surface area (TPSA) is 83.7 Å². The number of rotatable bonds is 5. The first-order valence-electron chi connectivity index (χ1n) is 6.39. The maximum Gasteiger partial charge on any atom is 0.338 e. The lowest BCUT2D eigenvalue weighted by atomic mass is 10.1. The van der Waals surface area contributed by atoms with E-state index in [0.29, 0.717) is 12.2 Å². The molecule has 0 aliphatic rings. The summed E-state index contributed by atoms with van der Waals surface area (Å²) < 4.78 is 0. The number of nitro groups is 1. The lowest BCUT2D eigenvalue weighted by molar-refractivity contribution is -0.384. The summed E-state index contributed by atoms with van der Waals surface area (Å²) in [6, 6.07) is 13.1. The molecule has 2 rings (SSSR count). The molecule has 1 N–H and O–H groups in total. The van der Waals surface area contributed by atoms with Crippen molar-refractivity contribution in [1.29, 1.82) is 0 Å². The summed E-state index contributed by atoms with van der Waals surface area (Å²) in [5.74, 6) is -1.19. The van der Waals surface area contributed by atoms with Crippen LogP contribution in [0.15, 0.2) is 48.5 Å². The molecule has 0 radical (unpaired) electrons. The second-order valence-corrected chi connectivity index (χ2v) is 4.32. The molecule has 0 amide bonds. The molecule has 0 saturated heterocycles. The highest BCUT2D eigenvalue weighted by atomic mass is 16.6. The van der Waals surface area contributed by atoms with Gasteiger partial charge in [-0.15, -0.1) is 0 Å². The van der Waals surface area contributed by atoms with Gasteiger partial charge in [-0.25, -0.2) is 4.79 Å². The van der Waals surface area contributed by atoms with E-state index < -0.39 is 10.9 Å². The van der Waals surface area contributed by atoms with Crippen molar-refractivity contribution in [1.82, 2.24) is 0 Å². The molecule has 0 bridgehead atoms. The Morgan fingerprint density at radius 3 is 2.38 bits per heavy atom. The van der Waals surface area contributed by atoms with Crippen molar-refractivity contribution in [3.63, 3.8) is 0 Å². The molecule has 0 unspecified atom stereocenters. The molecule has 0 aliphatic heterocycles. The zero-order chi connectivity index (χ0) is 15.4. The zero-order valence-electron chi connectivity index (χ0n) is 11.4. The second kappa shape index (κ2) is 6.04. The van der Waals surface area contributed by atoms with E-state index in [1.165, 1.54) is 18.2 Å². The Morgan fingerprint density at radius 2 is 1.86 bits per heavy atom. The van der Waals surface area contributed by atoms with Gasteiger partial charge < -0.3 is 10.0 Å². The minimum atomic E-state index is -1.19. The normalized spacial score (nSPS) is 10.1. The van der Waals surface area contributed by atoms with Crippen LogP contribution in [-0.2, 0) is 0 Å². The summed E-state index contributed by atoms with van der Waals surface area (Å²) in [4.78, 5) is 23.7. The molecule has 0 spiro atoms. The lowest BCUT2D eigenvalue weighted by Gasteiger charge is -2.24. The smallest absolute Gasteiger partial charge is 0.338 e. The van der Waals surface area contributed by atoms with Crippen molar-refractivity contribution in [2.24, 2.45) is 0 Å². The highest BCUT2D eigenvalue weighted by molar-refractivity contribution is 5.98. The van der Waals surface area contributed by atoms with Gasteiger partial charge in [-0.1, -0.05) is 24.3 Å². The quantitative estimate of drug-likeness (QED) is 0.672. The highest BCUT2D eigenvalue weighted by Gasteiger charge is 2.26. The summed E-state index contributed by atoms with van der Waals surface area (Å²) in [5.41, 5.74) is 0.496. The molecular formula is C15H14N2O4. The number of nitro benzene ring substituents is 1. The van der Waals surface area contributed by atoms with Gasteiger partial charge in [0.05, 0.1) is 10.5 Å². The Balaban J connectivity index is 2.69. The molecule has 2 aromatic rings. The first-order chi connectivity index (χ1) is 10.1. The van der Waals surface area contributed by atoms with Crippen LogP contribution in [0.4, 0.5) is 17.1 Å². The second-order valence-electron chi connectivity index (χ2n) is 4.32. The van der Waals surface area contributed by atoms with Crippen molar-refractivity contribution in [3.05, 3.63) is 64.2 Å². The van der Waals surface area contributed by atoms with Crippen molar-refractivity contribution < 1.29 is 14.8 Å². The first-order valence-corrected chi connectivity index (χ1v) is 6.39. The summed E-state index contributed by atoms with van der Waals surface area (Å²) in [6.45, 7) is 2.23. The molecule has 6 nitrogen and oxygen atoms in total. The Hall–Kier alpha value is -2.89. The average Bonchev–Trinajstić information content (AvgIpc) is 2.48. The predicted molar refractivity (Wildman–Crippen MR) is 79.2 cm³/mol. The number of benzene rings is 2. The number of carbonyl (C=O) groups is 1. The van der Waals surface area contributed by atoms with E-state index in [-0.39, 0.29) is 16.9 Å². The van der Waals surface area contributed by atoms with Gasteiger partial charge in [0.1, 0.15) is 5.69 Å². The standard InChI is InChI=1S/C15H14N2O4/c1-2-16(11-7-4-3-5-8-11)14-12(15(18)19)9-6-10-13(14)17(20)21/h3-10H,2H2,1H3,(H,18,19). The third-order valence-electron chi connectivity index (χ3n) is 3.10. The minimum absolute atomic E-state index is 0.0881. The molecule has 108 valence electrons. The van der Waals surface area contributed by atoms with Crippen molar-refractivity contribution in [2.45, 2.75) is 6.92 Å². The van der Waals surface area contributed by atoms with E-state index in [1.807, 2.05) is 13.0 Å². The average molecular weight is 286 g/mol. The van der Waals surface area contributed by atoms with Crippen LogP contribution < -0.4 is 4.90 Å². The van der Waals surface area contributed by atoms with Gasteiger partial charge in [-0.3, -0.25) is 10.1 Å². The number of carboxylic acid groups (broad SMARTS) is 1. The van der Waals surface area contributed by atoms with Crippen molar-refractivity contribution >= 4 is 23.0 Å². The Kier molecular flexibility index (Phi) is 4.18. The van der Waals surface area contributed by atoms with Crippen LogP contribution in [0.3, 0.4) is 0 Å². The molecule has 6 heteroatoms. The molecule has 0 fully saturated rings. The van der Waals surface area contributed by atoms with Crippen LogP contribution in [0.2, 0.25) is 0 Å². The molecule has 0 aliphatic carbocycles. The largest absolute Gasteiger partial charge is 0.478 e. The van der Waals surface area contributed by atoms with E-state index >= 15 is 0 Å². The van der Waals surface area contributed by atoms with Crippen molar-refractivity contribution in [3.8, 4) is 0 Å². The van der Waals surface area contributed by atoms with E-state index in [0.717, 1.165) is 0 Å². The summed E-state index contributed by atoms with van der Waals surface area (Å²) in [7, 11) is 0. The monoisotopic (exact) mass is 286 g/mol. The highest BCUT2D eigenvalue weighted by Crippen LogP contribution is 2.36. The molecule has 2 aromatic carbocycles. The molecule has 0 aromatic heterocycles. The molecular weight excluding hydrogens is 272 g/mol. The fraction of sp³-hybridized carbons (Fsp3) is 0.133. The maximum atomic E-state index is 11.4. The minimum Gasteiger partial charge on any atom is -0.478 e. The molecule has 0 saturated carbocycles. The Morgan fingerprint density at radius 1 is 1.19 bits per heavy atom. The predicted octanol–water partition coefficient (Wildman–Crippen LogP) is 3.45. The molecule has 21 heavy (non-hydrogen) atoms. The van der Waals surface area contributed by atoms with Gasteiger partial charge in [0.25, 0.3) is 5.69 Å². The summed E-state index contributed by atoms with van der Waals surface area (Å²) in [6.07, 6.45) is 0. The third kappa shape index (κ3) is 2.84. The van der Waals surface area contributed by atoms with Gasteiger partial charge >= 0.3 is 5.97 Å². The fourth-order valence-corrected chi connectivity index (χ4v) is 2.21. The molecule has 0 atom stereocenters. The van der Waals surface area contributed by atoms with Gasteiger partial charge in [0.2, 0.25) is 0 Å². The van der Waals surface area contributed by atoms with E-state index in [4.69, 9.17) is 0 Å². The fourth-order valence-electron chi connectivity index (χ4n) is 2.21. The van der Waals surface area contributed by atoms with E-state index in [2.05, 4.69) is 0 Å². The van der Waals surface area contributed by atoms with Gasteiger partial charge in [0, 0.05) is 18.3 Å². The van der Waals surface area contributed by atoms with Gasteiger partial charge in [0.15, 0.2) is 0 Å². The third-order valence-corrected chi connectivity index (χ3v) is 3.10. The number of anilines is 2. The van der Waals surface area contributed by atoms with Crippen LogP contribution in [0.1, 0.15) is 17.3 Å². The van der Waals surface area contributed by atoms with Crippen LogP contribution in [0, 0.1) is 10.1 Å². The number of aromatic carboxylic acids is 1. The molecule has 0 heterocycles. The number of hydrogen-bond acceptors (Lipinski definition) is 4. The maximum absolute atomic E-state index is 11.4. The van der Waals surface area contributed by atoms with Gasteiger partial charge in [-0.2, -0.15) is 0 Å². The SMILES string of the molecule is CCN(c1ccccc1)c1c(C(=O)O)cccc1[N+](=O)[O-]. The number of carboxylic acids is 1. The van der Waals surface area contributed by atoms with Crippen molar-refractivity contribution in [2.75, 3.05) is 11.4 Å². The van der Waals surface area contributed by atoms with E-state index in [1.54, 1.807) is 29.2 Å². The van der Waals surface area contributed by atoms with E-state index in [9.17, 15) is 20.0 Å². The van der Waals surface area contributed by atoms with Crippen LogP contribution >= 0.6 is 0 Å².